The molecule has 5 aromatic carbocycles. The Hall–Kier alpha value is -4.57. The van der Waals surface area contributed by atoms with Crippen LogP contribution in [0.2, 0.25) is 0 Å². The van der Waals surface area contributed by atoms with Gasteiger partial charge in [0.1, 0.15) is 0 Å². The zero-order chi connectivity index (χ0) is 36.8. The first-order valence-corrected chi connectivity index (χ1v) is 19.0. The Morgan fingerprint density at radius 1 is 0.717 bits per heavy atom. The van der Waals surface area contributed by atoms with Gasteiger partial charge in [-0.25, -0.2) is 0 Å². The first kappa shape index (κ1) is 39.6. The second-order valence-electron chi connectivity index (χ2n) is 14.3. The van der Waals surface area contributed by atoms with E-state index >= 15 is 0 Å². The van der Waals surface area contributed by atoms with Crippen LogP contribution in [-0.2, 0) is 31.3 Å². The molecule has 0 saturated carbocycles. The molecule has 4 nitrogen and oxygen atoms in total. The molecule has 0 unspecified atom stereocenters. The van der Waals surface area contributed by atoms with Gasteiger partial charge in [-0.1, -0.05) is 114 Å². The third kappa shape index (κ3) is 8.48. The van der Waals surface area contributed by atoms with E-state index in [0.717, 1.165) is 54.4 Å². The number of pyridine rings is 1. The van der Waals surface area contributed by atoms with Crippen LogP contribution in [0.3, 0.4) is 0 Å². The average Bonchev–Trinajstić information content (AvgIpc) is 3.50. The molecule has 5 heteroatoms. The third-order valence-corrected chi connectivity index (χ3v) is 10.4. The molecule has 7 rings (SSSR count). The van der Waals surface area contributed by atoms with Crippen LogP contribution in [0.4, 0.5) is 0 Å². The van der Waals surface area contributed by atoms with Gasteiger partial charge in [0.25, 0.3) is 0 Å². The van der Waals surface area contributed by atoms with Gasteiger partial charge in [-0.15, -0.1) is 29.3 Å². The summed E-state index contributed by atoms with van der Waals surface area (Å²) in [5.74, 6) is 1.08. The van der Waals surface area contributed by atoms with Gasteiger partial charge in [-0.2, -0.15) is 0 Å². The largest absolute Gasteiger partial charge is 0.512 e. The molecule has 2 heterocycles. The maximum absolute atomic E-state index is 11.7. The molecule has 0 spiro atoms. The molecule has 0 bridgehead atoms. The van der Waals surface area contributed by atoms with E-state index in [9.17, 15) is 9.90 Å². The van der Waals surface area contributed by atoms with Gasteiger partial charge in [0.05, 0.1) is 16.8 Å². The predicted octanol–water partition coefficient (Wildman–Crippen LogP) is 13.0. The molecule has 53 heavy (non-hydrogen) atoms. The molecule has 2 aromatic heterocycles. The molecule has 0 amide bonds. The van der Waals surface area contributed by atoms with Crippen LogP contribution >= 0.6 is 0 Å². The zero-order valence-electron chi connectivity index (χ0n) is 31.8. The summed E-state index contributed by atoms with van der Waals surface area (Å²) in [6, 6.07) is 40.8. The Balaban J connectivity index is 0.000000290. The number of rotatable bonds is 11. The number of hydrogen-bond donors (Lipinski definition) is 1. The van der Waals surface area contributed by atoms with Crippen LogP contribution in [-0.4, -0.2) is 20.4 Å². The van der Waals surface area contributed by atoms with Gasteiger partial charge in [0.2, 0.25) is 0 Å². The van der Waals surface area contributed by atoms with Crippen LogP contribution in [0.15, 0.2) is 121 Å². The normalized spacial score (nSPS) is 11.8. The van der Waals surface area contributed by atoms with E-state index in [1.165, 1.54) is 49.6 Å². The van der Waals surface area contributed by atoms with Crippen molar-refractivity contribution in [3.63, 3.8) is 0 Å². The fraction of sp³-hybridized carbons (Fsp3) is 0.292. The Labute approximate surface area is 328 Å². The van der Waals surface area contributed by atoms with Gasteiger partial charge in [0.15, 0.2) is 5.78 Å². The quantitative estimate of drug-likeness (QED) is 0.0609. The Bertz CT molecular complexity index is 2310. The minimum atomic E-state index is 0. The van der Waals surface area contributed by atoms with Crippen LogP contribution in [0.25, 0.3) is 60.3 Å². The first-order valence-electron chi connectivity index (χ1n) is 19.0. The molecular formula is C48H51IrN2O2-. The summed E-state index contributed by atoms with van der Waals surface area (Å²) >= 11 is 0. The van der Waals surface area contributed by atoms with Crippen molar-refractivity contribution in [1.29, 1.82) is 0 Å². The summed E-state index contributed by atoms with van der Waals surface area (Å²) < 4.78 is 2.40. The third-order valence-electron chi connectivity index (χ3n) is 10.4. The second kappa shape index (κ2) is 18.0. The standard InChI is InChI=1S/C35H27N2.C13H24O2.Ir/c1-23(2)19-24-20-26(35-32-16-15-25-9-3-4-10-28(25)29(32)17-18-36-35)22-27(21-24)37-33-13-7-5-11-30(33)31-12-6-8-14-34(31)37;1-5-10(6-2)12(14)9-13(15)11(7-3)8-4;/h3-18,21-23H,19H2,1-2H3;9-11,14H,5-8H2,1-4H3;/q-1;;/b;12-9-;. The fourth-order valence-electron chi connectivity index (χ4n) is 7.55. The van der Waals surface area contributed by atoms with Crippen LogP contribution < -0.4 is 0 Å². The minimum absolute atomic E-state index is 0. The summed E-state index contributed by atoms with van der Waals surface area (Å²) in [6.45, 7) is 12.6. The molecule has 7 aromatic rings. The number of para-hydroxylation sites is 2. The maximum Gasteiger partial charge on any atom is 0.162 e. The van der Waals surface area contributed by atoms with Crippen molar-refractivity contribution < 1.29 is 30.0 Å². The molecule has 0 aliphatic heterocycles. The van der Waals surface area contributed by atoms with E-state index in [-0.39, 0.29) is 43.5 Å². The average molecular weight is 880 g/mol. The molecule has 0 aliphatic rings. The monoisotopic (exact) mass is 880 g/mol. The number of benzene rings is 5. The first-order chi connectivity index (χ1) is 25.3. The number of aliphatic hydroxyl groups is 1. The smallest absolute Gasteiger partial charge is 0.162 e. The molecule has 275 valence electrons. The van der Waals surface area contributed by atoms with E-state index in [0.29, 0.717) is 5.92 Å². The summed E-state index contributed by atoms with van der Waals surface area (Å²) in [5.41, 5.74) is 6.82. The summed E-state index contributed by atoms with van der Waals surface area (Å²) in [7, 11) is 0. The zero-order valence-corrected chi connectivity index (χ0v) is 34.2. The van der Waals surface area contributed by atoms with Gasteiger partial charge < -0.3 is 14.7 Å². The number of fused-ring (bicyclic) bond motifs is 6. The van der Waals surface area contributed by atoms with Crippen molar-refractivity contribution in [3.8, 4) is 16.9 Å². The van der Waals surface area contributed by atoms with E-state index < -0.39 is 0 Å². The number of aromatic nitrogens is 2. The number of allylic oxidation sites excluding steroid dienone is 2. The SMILES string of the molecule is CC(C)Cc1[c-]c(-c2nccc3c2ccc2ccccc23)cc(-n2c3ccccc3c3ccccc32)c1.CCC(CC)C(=O)/C=C(\O)C(CC)CC.[Ir]. The summed E-state index contributed by atoms with van der Waals surface area (Å²) in [5, 5.41) is 17.2. The predicted molar refractivity (Wildman–Crippen MR) is 220 cm³/mol. The van der Waals surface area contributed by atoms with Crippen molar-refractivity contribution in [1.82, 2.24) is 9.55 Å². The number of ketones is 1. The molecule has 1 radical (unpaired) electrons. The van der Waals surface area contributed by atoms with Crippen LogP contribution in [0.1, 0.15) is 72.8 Å². The number of hydrogen-bond acceptors (Lipinski definition) is 3. The number of carbonyl (C=O) groups is 1. The Kier molecular flexibility index (Phi) is 13.4. The van der Waals surface area contributed by atoms with E-state index in [1.807, 2.05) is 33.9 Å². The van der Waals surface area contributed by atoms with Crippen LogP contribution in [0, 0.1) is 23.8 Å². The van der Waals surface area contributed by atoms with Gasteiger partial charge in [-0.3, -0.25) is 4.79 Å². The second-order valence-corrected chi connectivity index (χ2v) is 14.3. The van der Waals surface area contributed by atoms with Crippen molar-refractivity contribution >= 4 is 49.1 Å². The number of carbonyl (C=O) groups excluding carboxylic acids is 1. The molecule has 0 saturated heterocycles. The van der Waals surface area contributed by atoms with Gasteiger partial charge in [0, 0.05) is 55.0 Å². The van der Waals surface area contributed by atoms with Crippen LogP contribution in [0.5, 0.6) is 0 Å². The van der Waals surface area contributed by atoms with Gasteiger partial charge in [-0.05, 0) is 89.1 Å². The van der Waals surface area contributed by atoms with Crippen molar-refractivity contribution in [2.24, 2.45) is 17.8 Å². The van der Waals surface area contributed by atoms with E-state index in [4.69, 9.17) is 4.98 Å². The van der Waals surface area contributed by atoms with E-state index in [2.05, 4.69) is 128 Å². The molecule has 1 N–H and O–H groups in total. The fourth-order valence-corrected chi connectivity index (χ4v) is 7.55. The topological polar surface area (TPSA) is 55.1 Å². The number of nitrogens with zero attached hydrogens (tertiary/aromatic N) is 2. The Morgan fingerprint density at radius 3 is 1.91 bits per heavy atom. The summed E-state index contributed by atoms with van der Waals surface area (Å²) in [4.78, 5) is 16.6. The molecule has 0 atom stereocenters. The van der Waals surface area contributed by atoms with Crippen molar-refractivity contribution in [2.75, 3.05) is 0 Å². The molecule has 0 fully saturated rings. The minimum Gasteiger partial charge on any atom is -0.512 e. The maximum atomic E-state index is 11.7. The number of aliphatic hydroxyl groups excluding tert-OH is 1. The van der Waals surface area contributed by atoms with Gasteiger partial charge >= 0.3 is 0 Å². The van der Waals surface area contributed by atoms with Crippen molar-refractivity contribution in [2.45, 2.75) is 73.6 Å². The molecule has 0 aliphatic carbocycles. The van der Waals surface area contributed by atoms with E-state index in [1.54, 1.807) is 0 Å². The van der Waals surface area contributed by atoms with Crippen molar-refractivity contribution in [3.05, 3.63) is 133 Å². The summed E-state index contributed by atoms with van der Waals surface area (Å²) in [6.07, 6.45) is 7.81. The molecular weight excluding hydrogens is 829 g/mol. The Morgan fingerprint density at radius 2 is 1.30 bits per heavy atom.